The van der Waals surface area contributed by atoms with Crippen LogP contribution in [0.15, 0.2) is 0 Å². The van der Waals surface area contributed by atoms with Crippen LogP contribution >= 0.6 is 0 Å². The number of aliphatic hydroxyl groups is 1. The SMILES string of the molecule is CCO[Si](OCC)(OCC)C(C)COC(C)O. The summed E-state index contributed by atoms with van der Waals surface area (Å²) in [5.41, 5.74) is -0.00282. The van der Waals surface area contributed by atoms with E-state index in [-0.39, 0.29) is 5.54 Å². The summed E-state index contributed by atoms with van der Waals surface area (Å²) in [4.78, 5) is 0. The molecule has 0 saturated carbocycles. The van der Waals surface area contributed by atoms with Crippen LogP contribution in [0.3, 0.4) is 0 Å². The molecule has 104 valence electrons. The van der Waals surface area contributed by atoms with Crippen LogP contribution in [0, 0.1) is 0 Å². The van der Waals surface area contributed by atoms with E-state index in [0.717, 1.165) is 0 Å². The summed E-state index contributed by atoms with van der Waals surface area (Å²) in [5, 5.41) is 9.13. The molecule has 0 aliphatic carbocycles. The topological polar surface area (TPSA) is 57.2 Å². The van der Waals surface area contributed by atoms with Crippen LogP contribution in [0.1, 0.15) is 34.6 Å². The largest absolute Gasteiger partial charge is 0.506 e. The summed E-state index contributed by atoms with van der Waals surface area (Å²) >= 11 is 0. The first-order valence-corrected chi connectivity index (χ1v) is 8.04. The van der Waals surface area contributed by atoms with Crippen LogP contribution in [-0.2, 0) is 18.0 Å². The fourth-order valence-electron chi connectivity index (χ4n) is 1.54. The van der Waals surface area contributed by atoms with Crippen molar-refractivity contribution in [1.29, 1.82) is 0 Å². The summed E-state index contributed by atoms with van der Waals surface area (Å²) in [7, 11) is -2.70. The average molecular weight is 266 g/mol. The Morgan fingerprint density at radius 1 is 0.941 bits per heavy atom. The molecule has 2 atom stereocenters. The third-order valence-electron chi connectivity index (χ3n) is 2.23. The van der Waals surface area contributed by atoms with E-state index in [4.69, 9.17) is 23.1 Å². The minimum Gasteiger partial charge on any atom is -0.374 e. The van der Waals surface area contributed by atoms with Crippen molar-refractivity contribution in [2.75, 3.05) is 26.4 Å². The van der Waals surface area contributed by atoms with Crippen LogP contribution < -0.4 is 0 Å². The Balaban J connectivity index is 4.59. The Kier molecular flexibility index (Phi) is 9.02. The van der Waals surface area contributed by atoms with Crippen molar-refractivity contribution >= 4 is 8.80 Å². The third kappa shape index (κ3) is 5.94. The predicted octanol–water partition coefficient (Wildman–Crippen LogP) is 1.78. The molecule has 0 rings (SSSR count). The Morgan fingerprint density at radius 3 is 1.65 bits per heavy atom. The first kappa shape index (κ1) is 17.0. The third-order valence-corrected chi connectivity index (χ3v) is 5.67. The van der Waals surface area contributed by atoms with E-state index < -0.39 is 15.1 Å². The van der Waals surface area contributed by atoms with Gasteiger partial charge < -0.3 is 23.1 Å². The van der Waals surface area contributed by atoms with Gasteiger partial charge in [0, 0.05) is 25.4 Å². The highest BCUT2D eigenvalue weighted by Crippen LogP contribution is 2.26. The zero-order chi connectivity index (χ0) is 13.3. The number of ether oxygens (including phenoxy) is 1. The quantitative estimate of drug-likeness (QED) is 0.482. The lowest BCUT2D eigenvalue weighted by Crippen LogP contribution is -2.51. The molecular weight excluding hydrogens is 240 g/mol. The molecule has 0 spiro atoms. The summed E-state index contributed by atoms with van der Waals surface area (Å²) < 4.78 is 22.4. The highest BCUT2D eigenvalue weighted by atomic mass is 28.4. The molecule has 17 heavy (non-hydrogen) atoms. The van der Waals surface area contributed by atoms with Crippen molar-refractivity contribution in [2.45, 2.75) is 46.4 Å². The van der Waals surface area contributed by atoms with Gasteiger partial charge >= 0.3 is 8.80 Å². The second-order valence-corrected chi connectivity index (χ2v) is 6.80. The maximum atomic E-state index is 9.13. The Hall–Kier alpha value is 0.0169. The molecular formula is C11H26O5Si. The molecule has 0 aromatic rings. The molecule has 5 nitrogen and oxygen atoms in total. The van der Waals surface area contributed by atoms with Crippen molar-refractivity contribution in [3.63, 3.8) is 0 Å². The molecule has 2 unspecified atom stereocenters. The van der Waals surface area contributed by atoms with Crippen LogP contribution in [0.5, 0.6) is 0 Å². The van der Waals surface area contributed by atoms with E-state index in [9.17, 15) is 0 Å². The highest BCUT2D eigenvalue weighted by molar-refractivity contribution is 6.62. The smallest absolute Gasteiger partial charge is 0.374 e. The molecule has 0 aromatic carbocycles. The lowest BCUT2D eigenvalue weighted by atomic mass is 10.5. The average Bonchev–Trinajstić information content (AvgIpc) is 2.26. The Morgan fingerprint density at radius 2 is 1.35 bits per heavy atom. The minimum atomic E-state index is -2.70. The zero-order valence-electron chi connectivity index (χ0n) is 11.6. The van der Waals surface area contributed by atoms with Gasteiger partial charge in [-0.2, -0.15) is 0 Å². The van der Waals surface area contributed by atoms with Crippen molar-refractivity contribution in [1.82, 2.24) is 0 Å². The summed E-state index contributed by atoms with van der Waals surface area (Å²) in [6.07, 6.45) is -0.783. The van der Waals surface area contributed by atoms with Gasteiger partial charge in [0.25, 0.3) is 0 Å². The van der Waals surface area contributed by atoms with Gasteiger partial charge in [-0.1, -0.05) is 6.92 Å². The monoisotopic (exact) mass is 266 g/mol. The summed E-state index contributed by atoms with van der Waals surface area (Å²) in [6.45, 7) is 11.3. The molecule has 0 bridgehead atoms. The predicted molar refractivity (Wildman–Crippen MR) is 67.7 cm³/mol. The molecule has 0 amide bonds. The van der Waals surface area contributed by atoms with E-state index in [1.807, 2.05) is 27.7 Å². The van der Waals surface area contributed by atoms with E-state index >= 15 is 0 Å². The standard InChI is InChI=1S/C11H26O5Si/c1-6-14-17(15-7-2,16-8-3)10(4)9-13-11(5)12/h10-12H,6-9H2,1-5H3. The highest BCUT2D eigenvalue weighted by Gasteiger charge is 2.46. The van der Waals surface area contributed by atoms with E-state index in [0.29, 0.717) is 26.4 Å². The second kappa shape index (κ2) is 9.01. The van der Waals surface area contributed by atoms with Crippen LogP contribution in [-0.4, -0.2) is 46.6 Å². The van der Waals surface area contributed by atoms with Gasteiger partial charge in [0.05, 0.1) is 6.61 Å². The van der Waals surface area contributed by atoms with Crippen LogP contribution in [0.2, 0.25) is 5.54 Å². The molecule has 1 N–H and O–H groups in total. The van der Waals surface area contributed by atoms with Crippen molar-refractivity contribution in [3.05, 3.63) is 0 Å². The van der Waals surface area contributed by atoms with E-state index in [2.05, 4.69) is 0 Å². The van der Waals surface area contributed by atoms with Crippen molar-refractivity contribution in [3.8, 4) is 0 Å². The van der Waals surface area contributed by atoms with E-state index in [1.54, 1.807) is 6.92 Å². The molecule has 6 heteroatoms. The van der Waals surface area contributed by atoms with Crippen molar-refractivity contribution < 1.29 is 23.1 Å². The lowest BCUT2D eigenvalue weighted by Gasteiger charge is -2.33. The fourth-order valence-corrected chi connectivity index (χ4v) is 4.15. The fraction of sp³-hybridized carbons (Fsp3) is 1.00. The zero-order valence-corrected chi connectivity index (χ0v) is 12.6. The van der Waals surface area contributed by atoms with Crippen LogP contribution in [0.25, 0.3) is 0 Å². The Labute approximate surface area is 105 Å². The number of hydrogen-bond acceptors (Lipinski definition) is 5. The second-order valence-electron chi connectivity index (χ2n) is 3.74. The maximum absolute atomic E-state index is 9.13. The van der Waals surface area contributed by atoms with Crippen molar-refractivity contribution in [2.24, 2.45) is 0 Å². The first-order chi connectivity index (χ1) is 8.02. The number of rotatable bonds is 10. The van der Waals surface area contributed by atoms with Gasteiger partial charge in [-0.15, -0.1) is 0 Å². The summed E-state index contributed by atoms with van der Waals surface area (Å²) in [5.74, 6) is 0. The molecule has 0 aliphatic heterocycles. The molecule has 0 fully saturated rings. The van der Waals surface area contributed by atoms with Gasteiger partial charge in [0.15, 0.2) is 6.29 Å². The first-order valence-electron chi connectivity index (χ1n) is 6.23. The Bertz CT molecular complexity index is 172. The summed E-state index contributed by atoms with van der Waals surface area (Å²) in [6, 6.07) is 0. The molecule has 0 radical (unpaired) electrons. The van der Waals surface area contributed by atoms with Gasteiger partial charge in [-0.05, 0) is 27.7 Å². The molecule has 0 saturated heterocycles. The normalized spacial score (nSPS) is 15.9. The van der Waals surface area contributed by atoms with Gasteiger partial charge in [-0.3, -0.25) is 0 Å². The lowest BCUT2D eigenvalue weighted by molar-refractivity contribution is -0.0899. The molecule has 0 aliphatic rings. The van der Waals surface area contributed by atoms with E-state index in [1.165, 1.54) is 0 Å². The van der Waals surface area contributed by atoms with Gasteiger partial charge in [0.2, 0.25) is 0 Å². The number of aliphatic hydroxyl groups excluding tert-OH is 1. The van der Waals surface area contributed by atoms with Gasteiger partial charge in [-0.25, -0.2) is 0 Å². The van der Waals surface area contributed by atoms with Gasteiger partial charge in [0.1, 0.15) is 0 Å². The molecule has 0 aromatic heterocycles. The molecule has 0 heterocycles. The maximum Gasteiger partial charge on any atom is 0.506 e. The number of hydrogen-bond donors (Lipinski definition) is 1. The minimum absolute atomic E-state index is 0.00282. The van der Waals surface area contributed by atoms with Crippen LogP contribution in [0.4, 0.5) is 0 Å².